The number of hydrogen-bond donors (Lipinski definition) is 0. The van der Waals surface area contributed by atoms with Crippen LogP contribution in [-0.4, -0.2) is 51.4 Å². The molecule has 4 atom stereocenters. The summed E-state index contributed by atoms with van der Waals surface area (Å²) in [5.41, 5.74) is 3.77. The molecule has 1 aromatic carbocycles. The number of rotatable bonds is 3. The summed E-state index contributed by atoms with van der Waals surface area (Å²) >= 11 is 0. The van der Waals surface area contributed by atoms with Gasteiger partial charge in [0.25, 0.3) is 0 Å². The fourth-order valence-electron chi connectivity index (χ4n) is 5.79. The van der Waals surface area contributed by atoms with E-state index in [4.69, 9.17) is 4.74 Å². The van der Waals surface area contributed by atoms with E-state index in [0.717, 1.165) is 23.2 Å². The maximum Gasteiger partial charge on any atom is 0.230 e. The lowest BCUT2D eigenvalue weighted by atomic mass is 9.76. The summed E-state index contributed by atoms with van der Waals surface area (Å²) in [7, 11) is 0. The number of amides is 2. The van der Waals surface area contributed by atoms with E-state index in [1.807, 2.05) is 46.2 Å². The zero-order chi connectivity index (χ0) is 21.2. The predicted molar refractivity (Wildman–Crippen MR) is 114 cm³/mol. The lowest BCUT2D eigenvalue weighted by molar-refractivity contribution is -0.144. The summed E-state index contributed by atoms with van der Waals surface area (Å²) in [4.78, 5) is 35.3. The van der Waals surface area contributed by atoms with Crippen LogP contribution in [0.25, 0.3) is 0 Å². The molecule has 158 valence electrons. The van der Waals surface area contributed by atoms with E-state index in [-0.39, 0.29) is 17.9 Å². The Morgan fingerprint density at radius 2 is 2.19 bits per heavy atom. The SMILES string of the molecule is Cc1cccc(CN2C[C@]34C=C[C@H](O3)[C@H](C(=O)N3CCc5ncccc5C3)[C@H]4C2=O)c1. The molecule has 0 aliphatic carbocycles. The van der Waals surface area contributed by atoms with Gasteiger partial charge < -0.3 is 14.5 Å². The number of likely N-dealkylation sites (tertiary alicyclic amines) is 1. The second-order valence-corrected chi connectivity index (χ2v) is 9.20. The number of pyridine rings is 1. The van der Waals surface area contributed by atoms with E-state index in [2.05, 4.69) is 24.0 Å². The zero-order valence-corrected chi connectivity index (χ0v) is 17.5. The molecule has 2 aromatic rings. The van der Waals surface area contributed by atoms with Gasteiger partial charge in [0.2, 0.25) is 11.8 Å². The quantitative estimate of drug-likeness (QED) is 0.722. The Hall–Kier alpha value is -2.99. The van der Waals surface area contributed by atoms with Crippen LogP contribution in [-0.2, 0) is 33.8 Å². The zero-order valence-electron chi connectivity index (χ0n) is 17.5. The van der Waals surface area contributed by atoms with Gasteiger partial charge in [-0.25, -0.2) is 0 Å². The summed E-state index contributed by atoms with van der Waals surface area (Å²) in [6.07, 6.45) is 6.25. The van der Waals surface area contributed by atoms with Crippen LogP contribution in [0.3, 0.4) is 0 Å². The van der Waals surface area contributed by atoms with Crippen molar-refractivity contribution >= 4 is 11.8 Å². The molecule has 31 heavy (non-hydrogen) atoms. The molecule has 0 N–H and O–H groups in total. The lowest BCUT2D eigenvalue weighted by Gasteiger charge is -2.33. The van der Waals surface area contributed by atoms with Gasteiger partial charge in [-0.15, -0.1) is 0 Å². The second-order valence-electron chi connectivity index (χ2n) is 9.20. The van der Waals surface area contributed by atoms with Crippen molar-refractivity contribution in [3.05, 3.63) is 77.1 Å². The number of hydrogen-bond acceptors (Lipinski definition) is 4. The Balaban J connectivity index is 1.25. The second kappa shape index (κ2) is 6.76. The first kappa shape index (κ1) is 18.8. The minimum atomic E-state index is -0.666. The van der Waals surface area contributed by atoms with Crippen LogP contribution in [0.4, 0.5) is 0 Å². The smallest absolute Gasteiger partial charge is 0.230 e. The third-order valence-corrected chi connectivity index (χ3v) is 7.20. The third kappa shape index (κ3) is 2.85. The van der Waals surface area contributed by atoms with Crippen LogP contribution in [0.5, 0.6) is 0 Å². The van der Waals surface area contributed by atoms with Crippen LogP contribution in [0.15, 0.2) is 54.7 Å². The minimum Gasteiger partial charge on any atom is -0.360 e. The molecule has 1 aromatic heterocycles. The van der Waals surface area contributed by atoms with Gasteiger partial charge in [0.1, 0.15) is 5.60 Å². The number of nitrogens with zero attached hydrogens (tertiary/aromatic N) is 3. The molecule has 0 saturated carbocycles. The highest BCUT2D eigenvalue weighted by Crippen LogP contribution is 2.52. The van der Waals surface area contributed by atoms with E-state index in [9.17, 15) is 9.59 Å². The number of aromatic nitrogens is 1. The highest BCUT2D eigenvalue weighted by Gasteiger charge is 2.67. The van der Waals surface area contributed by atoms with Crippen molar-refractivity contribution in [3.8, 4) is 0 Å². The number of aryl methyl sites for hydroxylation is 1. The van der Waals surface area contributed by atoms with Crippen LogP contribution in [0.1, 0.15) is 22.4 Å². The highest BCUT2D eigenvalue weighted by molar-refractivity contribution is 5.93. The van der Waals surface area contributed by atoms with Crippen molar-refractivity contribution in [3.63, 3.8) is 0 Å². The molecular formula is C25H25N3O3. The molecule has 5 heterocycles. The van der Waals surface area contributed by atoms with Crippen molar-refractivity contribution < 1.29 is 14.3 Å². The summed E-state index contributed by atoms with van der Waals surface area (Å²) in [6.45, 7) is 4.29. The van der Waals surface area contributed by atoms with Gasteiger partial charge >= 0.3 is 0 Å². The Labute approximate surface area is 181 Å². The first-order valence-electron chi connectivity index (χ1n) is 11.0. The number of benzene rings is 1. The van der Waals surface area contributed by atoms with Crippen LogP contribution >= 0.6 is 0 Å². The molecule has 2 amide bonds. The average molecular weight is 415 g/mol. The van der Waals surface area contributed by atoms with E-state index in [1.54, 1.807) is 6.20 Å². The minimum absolute atomic E-state index is 0.0292. The van der Waals surface area contributed by atoms with Gasteiger partial charge in [-0.2, -0.15) is 0 Å². The summed E-state index contributed by atoms with van der Waals surface area (Å²) in [6, 6.07) is 12.2. The van der Waals surface area contributed by atoms with Gasteiger partial charge in [-0.1, -0.05) is 48.0 Å². The Bertz CT molecular complexity index is 1110. The van der Waals surface area contributed by atoms with Gasteiger partial charge in [0.05, 0.1) is 24.5 Å². The van der Waals surface area contributed by atoms with Crippen molar-refractivity contribution in [1.29, 1.82) is 0 Å². The highest BCUT2D eigenvalue weighted by atomic mass is 16.5. The van der Waals surface area contributed by atoms with Crippen LogP contribution < -0.4 is 0 Å². The fraction of sp³-hybridized carbons (Fsp3) is 0.400. The summed E-state index contributed by atoms with van der Waals surface area (Å²) in [5, 5.41) is 0. The Morgan fingerprint density at radius 3 is 3.06 bits per heavy atom. The van der Waals surface area contributed by atoms with Crippen LogP contribution in [0, 0.1) is 18.8 Å². The predicted octanol–water partition coefficient (Wildman–Crippen LogP) is 2.26. The van der Waals surface area contributed by atoms with Gasteiger partial charge in [-0.3, -0.25) is 14.6 Å². The first-order chi connectivity index (χ1) is 15.0. The number of fused-ring (bicyclic) bond motifs is 2. The van der Waals surface area contributed by atoms with Crippen LogP contribution in [0.2, 0.25) is 0 Å². The number of carbonyl (C=O) groups excluding carboxylic acids is 2. The molecule has 4 aliphatic heterocycles. The maximum absolute atomic E-state index is 13.6. The standard InChI is InChI=1S/C25H25N3O3/c1-16-4-2-5-17(12-16)13-28-15-25-9-7-20(31-25)21(22(25)24(28)30)23(29)27-11-8-19-18(14-27)6-3-10-26-19/h2-7,9-10,12,20-22H,8,11,13-15H2,1H3/t20-,21-,22-,25-/m0/s1. The molecule has 6 rings (SSSR count). The molecule has 6 nitrogen and oxygen atoms in total. The van der Waals surface area contributed by atoms with Crippen molar-refractivity contribution in [1.82, 2.24) is 14.8 Å². The summed E-state index contributed by atoms with van der Waals surface area (Å²) in [5.74, 6) is -0.819. The van der Waals surface area contributed by atoms with Crippen molar-refractivity contribution in [2.75, 3.05) is 13.1 Å². The monoisotopic (exact) mass is 415 g/mol. The molecule has 4 aliphatic rings. The normalized spacial score (nSPS) is 30.6. The number of carbonyl (C=O) groups is 2. The van der Waals surface area contributed by atoms with E-state index in [0.29, 0.717) is 26.2 Å². The molecule has 1 spiro atoms. The fourth-order valence-corrected chi connectivity index (χ4v) is 5.79. The lowest BCUT2D eigenvalue weighted by Crippen LogP contribution is -2.47. The summed E-state index contributed by atoms with van der Waals surface area (Å²) < 4.78 is 6.31. The van der Waals surface area contributed by atoms with Crippen molar-refractivity contribution in [2.45, 2.75) is 38.1 Å². The van der Waals surface area contributed by atoms with Gasteiger partial charge in [0, 0.05) is 37.9 Å². The first-order valence-corrected chi connectivity index (χ1v) is 11.0. The third-order valence-electron chi connectivity index (χ3n) is 7.20. The molecular weight excluding hydrogens is 390 g/mol. The molecule has 2 saturated heterocycles. The molecule has 6 heteroatoms. The van der Waals surface area contributed by atoms with Crippen molar-refractivity contribution in [2.24, 2.45) is 11.8 Å². The van der Waals surface area contributed by atoms with E-state index in [1.165, 1.54) is 5.56 Å². The molecule has 2 fully saturated rings. The van der Waals surface area contributed by atoms with E-state index < -0.39 is 17.4 Å². The van der Waals surface area contributed by atoms with Gasteiger partial charge in [0.15, 0.2) is 0 Å². The Kier molecular flexibility index (Phi) is 4.09. The molecule has 0 radical (unpaired) electrons. The average Bonchev–Trinajstić information content (AvgIpc) is 3.41. The van der Waals surface area contributed by atoms with Gasteiger partial charge in [-0.05, 0) is 24.1 Å². The van der Waals surface area contributed by atoms with E-state index >= 15 is 0 Å². The molecule has 0 unspecified atom stereocenters. The molecule has 2 bridgehead atoms. The topological polar surface area (TPSA) is 62.7 Å². The number of ether oxygens (including phenoxy) is 1. The Morgan fingerprint density at radius 1 is 1.29 bits per heavy atom. The maximum atomic E-state index is 13.6. The largest absolute Gasteiger partial charge is 0.360 e.